The first-order valence-corrected chi connectivity index (χ1v) is 1.79. The van der Waals surface area contributed by atoms with E-state index in [1.807, 2.05) is 0 Å². The first-order valence-electron chi connectivity index (χ1n) is 1.79. The van der Waals surface area contributed by atoms with Gasteiger partial charge in [-0.25, -0.2) is 0 Å². The van der Waals surface area contributed by atoms with Crippen LogP contribution < -0.4 is 42.8 Å². The van der Waals surface area contributed by atoms with Crippen molar-refractivity contribution in [3.05, 3.63) is 0 Å². The van der Waals surface area contributed by atoms with Crippen LogP contribution in [0.3, 0.4) is 0 Å². The van der Waals surface area contributed by atoms with Gasteiger partial charge in [-0.15, -0.1) is 0 Å². The number of halogens is 1. The van der Waals surface area contributed by atoms with E-state index in [0.717, 1.165) is 4.48 Å². The van der Waals surface area contributed by atoms with Crippen molar-refractivity contribution in [1.29, 1.82) is 0 Å². The molecule has 0 saturated heterocycles. The quantitative estimate of drug-likeness (QED) is 0.212. The summed E-state index contributed by atoms with van der Waals surface area (Å²) in [4.78, 5) is 0. The molecule has 0 unspecified atom stereocenters. The van der Waals surface area contributed by atoms with Crippen LogP contribution in [0.4, 0.5) is 0 Å². The molecular formula is C4H13ILiN. The molecule has 0 fully saturated rings. The molecule has 0 aromatic carbocycles. The molecule has 0 amide bonds. The van der Waals surface area contributed by atoms with Crippen molar-refractivity contribution in [2.45, 2.75) is 0 Å². The normalized spacial score (nSPS) is 8.57. The van der Waals surface area contributed by atoms with Crippen LogP contribution in [0.2, 0.25) is 0 Å². The molecule has 1 nitrogen and oxygen atoms in total. The second kappa shape index (κ2) is 5.42. The summed E-state index contributed by atoms with van der Waals surface area (Å²) in [5, 5.41) is 0. The Morgan fingerprint density at radius 1 is 1.00 bits per heavy atom. The summed E-state index contributed by atoms with van der Waals surface area (Å²) in [5.74, 6) is 0. The SMILES string of the molecule is C[N+](C)(C)C.[H-].[I-].[Li+]. The molecule has 0 aliphatic heterocycles. The summed E-state index contributed by atoms with van der Waals surface area (Å²) in [6, 6.07) is 0. The predicted molar refractivity (Wildman–Crippen MR) is 25.1 cm³/mol. The summed E-state index contributed by atoms with van der Waals surface area (Å²) in [6.07, 6.45) is 0. The molecule has 0 saturated carbocycles. The molecule has 42 valence electrons. The van der Waals surface area contributed by atoms with E-state index in [1.54, 1.807) is 0 Å². The molecule has 0 aliphatic rings. The summed E-state index contributed by atoms with van der Waals surface area (Å²) in [5.41, 5.74) is 0. The van der Waals surface area contributed by atoms with Gasteiger partial charge in [-0.1, -0.05) is 0 Å². The molecule has 0 heterocycles. The third-order valence-electron chi connectivity index (χ3n) is 0. The molecule has 0 spiro atoms. The molecule has 0 aromatic rings. The van der Waals surface area contributed by atoms with Crippen molar-refractivity contribution in [2.75, 3.05) is 28.2 Å². The van der Waals surface area contributed by atoms with Gasteiger partial charge in [0.15, 0.2) is 0 Å². The first kappa shape index (κ1) is 15.7. The van der Waals surface area contributed by atoms with Gasteiger partial charge in [-0.2, -0.15) is 0 Å². The first-order chi connectivity index (χ1) is 2.00. The maximum atomic E-state index is 2.12. The Kier molecular flexibility index (Phi) is 12.2. The Hall–Kier alpha value is 1.29. The van der Waals surface area contributed by atoms with Gasteiger partial charge in [0.2, 0.25) is 0 Å². The molecule has 0 aliphatic carbocycles. The van der Waals surface area contributed by atoms with E-state index >= 15 is 0 Å². The second-order valence-corrected chi connectivity index (χ2v) is 2.68. The van der Waals surface area contributed by atoms with Gasteiger partial charge in [-0.05, 0) is 0 Å². The molecule has 7 heavy (non-hydrogen) atoms. The minimum Gasteiger partial charge on any atom is -1.00 e. The Bertz CT molecular complexity index is 31.5. The minimum absolute atomic E-state index is 0. The van der Waals surface area contributed by atoms with Crippen LogP contribution in [-0.2, 0) is 0 Å². The molecule has 0 aromatic heterocycles. The number of quaternary nitrogens is 1. The largest absolute Gasteiger partial charge is 1.00 e. The van der Waals surface area contributed by atoms with E-state index in [0.29, 0.717) is 0 Å². The van der Waals surface area contributed by atoms with Gasteiger partial charge in [0.25, 0.3) is 0 Å². The summed E-state index contributed by atoms with van der Waals surface area (Å²) >= 11 is 0. The Balaban J connectivity index is -0.0000000267. The van der Waals surface area contributed by atoms with Crippen LogP contribution in [0, 0.1) is 0 Å². The average Bonchev–Trinajstić information content (AvgIpc) is 0.722. The fourth-order valence-corrected chi connectivity index (χ4v) is 0. The van der Waals surface area contributed by atoms with Gasteiger partial charge in [-0.3, -0.25) is 0 Å². The third-order valence-corrected chi connectivity index (χ3v) is 0. The van der Waals surface area contributed by atoms with Gasteiger partial charge in [0.05, 0.1) is 28.2 Å². The van der Waals surface area contributed by atoms with E-state index < -0.39 is 0 Å². The smallest absolute Gasteiger partial charge is 1.00 e. The van der Waals surface area contributed by atoms with E-state index in [4.69, 9.17) is 0 Å². The van der Waals surface area contributed by atoms with Crippen LogP contribution in [-0.4, -0.2) is 32.7 Å². The second-order valence-electron chi connectivity index (χ2n) is 2.68. The molecule has 0 rings (SSSR count). The van der Waals surface area contributed by atoms with Crippen LogP contribution in [0.15, 0.2) is 0 Å². The van der Waals surface area contributed by atoms with Crippen molar-refractivity contribution < 1.29 is 48.7 Å². The maximum Gasteiger partial charge on any atom is 1.00 e. The topological polar surface area (TPSA) is 0 Å². The van der Waals surface area contributed by atoms with Crippen LogP contribution in [0.1, 0.15) is 1.43 Å². The number of rotatable bonds is 0. The van der Waals surface area contributed by atoms with Crippen molar-refractivity contribution in [1.82, 2.24) is 0 Å². The minimum atomic E-state index is 0. The van der Waals surface area contributed by atoms with E-state index in [9.17, 15) is 0 Å². The molecule has 0 bridgehead atoms. The summed E-state index contributed by atoms with van der Waals surface area (Å²) in [7, 11) is 8.50. The van der Waals surface area contributed by atoms with Crippen molar-refractivity contribution >= 4 is 0 Å². The zero-order chi connectivity index (χ0) is 4.50. The predicted octanol–water partition coefficient (Wildman–Crippen LogP) is -5.56. The molecule has 0 N–H and O–H groups in total. The number of hydrogen-bond acceptors (Lipinski definition) is 0. The zero-order valence-electron chi connectivity index (χ0n) is 6.83. The fraction of sp³-hybridized carbons (Fsp3) is 1.00. The van der Waals surface area contributed by atoms with Gasteiger partial charge in [0.1, 0.15) is 0 Å². The van der Waals surface area contributed by atoms with Crippen molar-refractivity contribution in [3.63, 3.8) is 0 Å². The van der Waals surface area contributed by atoms with E-state index in [-0.39, 0.29) is 44.3 Å². The summed E-state index contributed by atoms with van der Waals surface area (Å²) < 4.78 is 1.00. The Labute approximate surface area is 76.7 Å². The van der Waals surface area contributed by atoms with Crippen molar-refractivity contribution in [2.24, 2.45) is 0 Å². The average molecular weight is 209 g/mol. The number of nitrogens with zero attached hydrogens (tertiary/aromatic N) is 1. The monoisotopic (exact) mass is 209 g/mol. The Morgan fingerprint density at radius 2 is 1.00 bits per heavy atom. The number of hydrogen-bond donors (Lipinski definition) is 0. The molecule has 0 atom stereocenters. The molecule has 3 heteroatoms. The molecular weight excluding hydrogens is 196 g/mol. The van der Waals surface area contributed by atoms with Crippen molar-refractivity contribution in [3.8, 4) is 0 Å². The van der Waals surface area contributed by atoms with Crippen LogP contribution in [0.5, 0.6) is 0 Å². The molecule has 0 radical (unpaired) electrons. The standard InChI is InChI=1S/C4H12N.HI.Li.H/c1-5(2,3)4;;;/h1-4H3;1H;;/q+1;;+1;-1/p-1. The maximum absolute atomic E-state index is 2.12. The fourth-order valence-electron chi connectivity index (χ4n) is 0. The van der Waals surface area contributed by atoms with Gasteiger partial charge in [0, 0.05) is 0 Å². The van der Waals surface area contributed by atoms with Crippen LogP contribution in [0.25, 0.3) is 0 Å². The van der Waals surface area contributed by atoms with Gasteiger partial charge >= 0.3 is 18.9 Å². The summed E-state index contributed by atoms with van der Waals surface area (Å²) in [6.45, 7) is 0. The van der Waals surface area contributed by atoms with E-state index in [2.05, 4.69) is 28.2 Å². The van der Waals surface area contributed by atoms with Gasteiger partial charge < -0.3 is 29.9 Å². The van der Waals surface area contributed by atoms with Crippen LogP contribution >= 0.6 is 0 Å². The Morgan fingerprint density at radius 3 is 1.00 bits per heavy atom. The zero-order valence-corrected chi connectivity index (χ0v) is 7.98. The third kappa shape index (κ3) is 123. The van der Waals surface area contributed by atoms with E-state index in [1.165, 1.54) is 0 Å².